The number of aromatic nitrogens is 2. The second kappa shape index (κ2) is 7.60. The normalized spacial score (nSPS) is 23.2. The molecule has 2 aliphatic heterocycles. The van der Waals surface area contributed by atoms with Crippen molar-refractivity contribution in [3.63, 3.8) is 0 Å². The molecule has 5 rings (SSSR count). The van der Waals surface area contributed by atoms with Crippen LogP contribution in [0.5, 0.6) is 0 Å². The van der Waals surface area contributed by atoms with Crippen LogP contribution < -0.4 is 5.56 Å². The smallest absolute Gasteiger partial charge is 0.261 e. The Morgan fingerprint density at radius 1 is 0.968 bits per heavy atom. The van der Waals surface area contributed by atoms with Crippen molar-refractivity contribution in [2.45, 2.75) is 54.5 Å². The van der Waals surface area contributed by atoms with E-state index in [-0.39, 0.29) is 30.1 Å². The fraction of sp³-hybridized carbons (Fsp3) is 0.348. The summed E-state index contributed by atoms with van der Waals surface area (Å²) in [5.74, 6) is -0.151. The number of sulfone groups is 1. The fourth-order valence-corrected chi connectivity index (χ4v) is 6.91. The van der Waals surface area contributed by atoms with Crippen LogP contribution in [0.25, 0.3) is 10.9 Å². The molecular formula is C23H23N3O4S. The third kappa shape index (κ3) is 3.44. The van der Waals surface area contributed by atoms with Gasteiger partial charge < -0.3 is 4.90 Å². The highest BCUT2D eigenvalue weighted by Crippen LogP contribution is 2.40. The van der Waals surface area contributed by atoms with Gasteiger partial charge >= 0.3 is 0 Å². The van der Waals surface area contributed by atoms with Gasteiger partial charge in [0.1, 0.15) is 6.54 Å². The molecule has 2 atom stereocenters. The van der Waals surface area contributed by atoms with Crippen LogP contribution in [0.3, 0.4) is 0 Å². The molecule has 160 valence electrons. The van der Waals surface area contributed by atoms with Gasteiger partial charge in [-0.15, -0.1) is 0 Å². The number of piperidine rings is 1. The molecule has 1 aromatic heterocycles. The summed E-state index contributed by atoms with van der Waals surface area (Å²) in [4.78, 5) is 32.3. The maximum atomic E-state index is 13.1. The minimum Gasteiger partial charge on any atom is -0.335 e. The minimum atomic E-state index is -3.43. The highest BCUT2D eigenvalue weighted by Gasteiger charge is 2.47. The Hall–Kier alpha value is -3.00. The number of hydrogen-bond donors (Lipinski definition) is 0. The molecule has 0 N–H and O–H groups in total. The summed E-state index contributed by atoms with van der Waals surface area (Å²) in [6.07, 6.45) is 3.87. The van der Waals surface area contributed by atoms with E-state index in [0.29, 0.717) is 28.6 Å². The predicted octanol–water partition coefficient (Wildman–Crippen LogP) is 2.39. The summed E-state index contributed by atoms with van der Waals surface area (Å²) in [6, 6.07) is 15.4. The molecule has 0 saturated carbocycles. The summed E-state index contributed by atoms with van der Waals surface area (Å²) in [5.41, 5.74) is 0.357. The first-order chi connectivity index (χ1) is 14.9. The van der Waals surface area contributed by atoms with Crippen molar-refractivity contribution >= 4 is 26.6 Å². The molecule has 2 aromatic carbocycles. The number of fused-ring (bicyclic) bond motifs is 3. The molecule has 3 aromatic rings. The van der Waals surface area contributed by atoms with Crippen molar-refractivity contribution in [3.8, 4) is 0 Å². The van der Waals surface area contributed by atoms with Gasteiger partial charge in [-0.3, -0.25) is 14.2 Å². The van der Waals surface area contributed by atoms with Gasteiger partial charge in [-0.1, -0.05) is 30.3 Å². The van der Waals surface area contributed by atoms with E-state index in [4.69, 9.17) is 0 Å². The van der Waals surface area contributed by atoms with Crippen molar-refractivity contribution in [1.82, 2.24) is 14.5 Å². The molecule has 2 fully saturated rings. The van der Waals surface area contributed by atoms with Crippen molar-refractivity contribution in [2.24, 2.45) is 0 Å². The molecule has 3 heterocycles. The van der Waals surface area contributed by atoms with Gasteiger partial charge in [-0.05, 0) is 49.9 Å². The lowest BCUT2D eigenvalue weighted by Crippen LogP contribution is -2.51. The molecule has 7 nitrogen and oxygen atoms in total. The Labute approximate surface area is 180 Å². The maximum Gasteiger partial charge on any atom is 0.261 e. The number of rotatable bonds is 4. The Bertz CT molecular complexity index is 1290. The molecule has 0 radical (unpaired) electrons. The number of carbonyl (C=O) groups is 1. The quantitative estimate of drug-likeness (QED) is 0.625. The van der Waals surface area contributed by atoms with Gasteiger partial charge in [0.05, 0.1) is 27.4 Å². The van der Waals surface area contributed by atoms with Gasteiger partial charge in [0.2, 0.25) is 5.91 Å². The van der Waals surface area contributed by atoms with Gasteiger partial charge in [-0.25, -0.2) is 13.4 Å². The van der Waals surface area contributed by atoms with Crippen LogP contribution in [0.15, 0.2) is 70.6 Å². The number of carbonyl (C=O) groups excluding carboxylic acids is 1. The predicted molar refractivity (Wildman–Crippen MR) is 116 cm³/mol. The largest absolute Gasteiger partial charge is 0.335 e. The topological polar surface area (TPSA) is 89.3 Å². The lowest BCUT2D eigenvalue weighted by Gasteiger charge is -2.38. The minimum absolute atomic E-state index is 0.0836. The van der Waals surface area contributed by atoms with E-state index in [1.807, 2.05) is 11.0 Å². The third-order valence-electron chi connectivity index (χ3n) is 6.53. The summed E-state index contributed by atoms with van der Waals surface area (Å²) in [7, 11) is -3.43. The third-order valence-corrected chi connectivity index (χ3v) is 8.72. The van der Waals surface area contributed by atoms with E-state index in [0.717, 1.165) is 12.8 Å². The number of hydrogen-bond acceptors (Lipinski definition) is 5. The van der Waals surface area contributed by atoms with Crippen molar-refractivity contribution < 1.29 is 13.2 Å². The molecule has 0 unspecified atom stereocenters. The van der Waals surface area contributed by atoms with Crippen LogP contribution in [0.1, 0.15) is 25.7 Å². The van der Waals surface area contributed by atoms with Crippen LogP contribution >= 0.6 is 0 Å². The average molecular weight is 438 g/mol. The summed E-state index contributed by atoms with van der Waals surface area (Å²) in [5, 5.41) is -0.00468. The number of para-hydroxylation sites is 1. The Balaban J connectivity index is 1.36. The van der Waals surface area contributed by atoms with Gasteiger partial charge in [-0.2, -0.15) is 0 Å². The first kappa shape index (κ1) is 19.9. The van der Waals surface area contributed by atoms with Crippen LogP contribution in [0.4, 0.5) is 0 Å². The molecular weight excluding hydrogens is 414 g/mol. The Morgan fingerprint density at radius 2 is 1.61 bits per heavy atom. The summed E-state index contributed by atoms with van der Waals surface area (Å²) >= 11 is 0. The lowest BCUT2D eigenvalue weighted by molar-refractivity contribution is -0.136. The highest BCUT2D eigenvalue weighted by atomic mass is 32.2. The molecule has 0 aliphatic carbocycles. The second-order valence-corrected chi connectivity index (χ2v) is 10.6. The van der Waals surface area contributed by atoms with Gasteiger partial charge in [0.25, 0.3) is 5.56 Å². The lowest BCUT2D eigenvalue weighted by atomic mass is 10.0. The van der Waals surface area contributed by atoms with Crippen molar-refractivity contribution in [3.05, 3.63) is 71.3 Å². The first-order valence-electron chi connectivity index (χ1n) is 10.5. The zero-order valence-corrected chi connectivity index (χ0v) is 17.7. The van der Waals surface area contributed by atoms with E-state index in [2.05, 4.69) is 4.98 Å². The van der Waals surface area contributed by atoms with Crippen LogP contribution in [0, 0.1) is 0 Å². The van der Waals surface area contributed by atoms with Crippen LogP contribution in [-0.4, -0.2) is 46.1 Å². The maximum absolute atomic E-state index is 13.1. The Morgan fingerprint density at radius 3 is 2.32 bits per heavy atom. The van der Waals surface area contributed by atoms with Crippen molar-refractivity contribution in [1.29, 1.82) is 0 Å². The van der Waals surface area contributed by atoms with E-state index in [9.17, 15) is 18.0 Å². The van der Waals surface area contributed by atoms with Crippen LogP contribution in [-0.2, 0) is 21.2 Å². The van der Waals surface area contributed by atoms with Crippen LogP contribution in [0.2, 0.25) is 0 Å². The molecule has 2 aliphatic rings. The number of nitrogens with zero attached hydrogens (tertiary/aromatic N) is 3. The second-order valence-electron chi connectivity index (χ2n) is 8.33. The summed E-state index contributed by atoms with van der Waals surface area (Å²) in [6.45, 7) is -0.0836. The SMILES string of the molecule is O=C(Cn1cnc2ccccc2c1=O)N1[C@H]2CC[C@H]1CC(S(=O)(=O)c1ccccc1)C2. The van der Waals surface area contributed by atoms with Gasteiger partial charge in [0.15, 0.2) is 9.84 Å². The summed E-state index contributed by atoms with van der Waals surface area (Å²) < 4.78 is 27.5. The van der Waals surface area contributed by atoms with Crippen molar-refractivity contribution in [2.75, 3.05) is 0 Å². The molecule has 2 saturated heterocycles. The molecule has 0 spiro atoms. The van der Waals surface area contributed by atoms with Gasteiger partial charge in [0, 0.05) is 12.1 Å². The molecule has 1 amide bonds. The zero-order valence-electron chi connectivity index (χ0n) is 16.9. The first-order valence-corrected chi connectivity index (χ1v) is 12.0. The monoisotopic (exact) mass is 437 g/mol. The average Bonchev–Trinajstić information content (AvgIpc) is 3.05. The standard InChI is InChI=1S/C23H23N3O4S/c27-22(14-25-15-24-21-9-5-4-8-20(21)23(25)28)26-16-10-11-17(26)13-19(12-16)31(29,30)18-6-2-1-3-7-18/h1-9,15-17,19H,10-14H2/t16-,17-/m0/s1. The van der Waals surface area contributed by atoms with E-state index < -0.39 is 15.1 Å². The molecule has 8 heteroatoms. The Kier molecular flexibility index (Phi) is 4.89. The van der Waals surface area contributed by atoms with E-state index in [1.54, 1.807) is 48.5 Å². The van der Waals surface area contributed by atoms with E-state index in [1.165, 1.54) is 10.9 Å². The van der Waals surface area contributed by atoms with E-state index >= 15 is 0 Å². The molecule has 2 bridgehead atoms. The zero-order chi connectivity index (χ0) is 21.6. The number of amides is 1. The molecule has 31 heavy (non-hydrogen) atoms. The fourth-order valence-electron chi connectivity index (χ4n) is 5.04. The highest BCUT2D eigenvalue weighted by molar-refractivity contribution is 7.92. The number of benzene rings is 2.